The van der Waals surface area contributed by atoms with Crippen molar-refractivity contribution < 1.29 is 4.79 Å². The average Bonchev–Trinajstić information content (AvgIpc) is 2.84. The van der Waals surface area contributed by atoms with Crippen molar-refractivity contribution in [3.05, 3.63) is 71.6 Å². The van der Waals surface area contributed by atoms with Crippen molar-refractivity contribution in [2.24, 2.45) is 10.7 Å². The molecule has 6 heteroatoms. The van der Waals surface area contributed by atoms with Crippen molar-refractivity contribution in [2.75, 3.05) is 26.7 Å². The molecule has 32 heavy (non-hydrogen) atoms. The van der Waals surface area contributed by atoms with Gasteiger partial charge in [-0.25, -0.2) is 0 Å². The number of piperidine rings is 1. The zero-order chi connectivity index (χ0) is 22.9. The van der Waals surface area contributed by atoms with E-state index in [0.717, 1.165) is 42.6 Å². The van der Waals surface area contributed by atoms with Crippen molar-refractivity contribution >= 4 is 17.7 Å². The minimum absolute atomic E-state index is 0.0277. The number of hydrogen-bond donors (Lipinski definition) is 1. The highest BCUT2D eigenvalue weighted by atomic mass is 16.2. The maximum absolute atomic E-state index is 11.8. The summed E-state index contributed by atoms with van der Waals surface area (Å²) < 4.78 is 0. The third kappa shape index (κ3) is 6.34. The molecule has 0 spiro atoms. The topological polar surface area (TPSA) is 74.8 Å². The number of aromatic nitrogens is 1. The van der Waals surface area contributed by atoms with Crippen LogP contribution in [0, 0.1) is 0 Å². The number of carbonyl (C=O) groups excluding carboxylic acids is 1. The lowest BCUT2D eigenvalue weighted by molar-refractivity contribution is -0.128. The first-order chi connectivity index (χ1) is 15.5. The molecule has 1 amide bonds. The first-order valence-corrected chi connectivity index (χ1v) is 11.4. The number of aliphatic imine (C=N–C) groups is 1. The van der Waals surface area contributed by atoms with E-state index in [1.165, 1.54) is 5.69 Å². The van der Waals surface area contributed by atoms with Gasteiger partial charge in [0.1, 0.15) is 0 Å². The van der Waals surface area contributed by atoms with E-state index >= 15 is 0 Å². The molecule has 1 aromatic carbocycles. The number of amides is 1. The number of benzene rings is 1. The van der Waals surface area contributed by atoms with Gasteiger partial charge in [0.15, 0.2) is 0 Å². The van der Waals surface area contributed by atoms with Crippen LogP contribution in [-0.2, 0) is 11.3 Å². The van der Waals surface area contributed by atoms with Gasteiger partial charge in [0.25, 0.3) is 0 Å². The summed E-state index contributed by atoms with van der Waals surface area (Å²) in [6.07, 6.45) is 8.30. The van der Waals surface area contributed by atoms with Gasteiger partial charge >= 0.3 is 0 Å². The van der Waals surface area contributed by atoms with Gasteiger partial charge in [-0.2, -0.15) is 0 Å². The molecular formula is C26H35N5O. The average molecular weight is 434 g/mol. The number of pyridine rings is 1. The number of likely N-dealkylation sites (tertiary alicyclic amines) is 1. The zero-order valence-electron chi connectivity index (χ0n) is 19.4. The van der Waals surface area contributed by atoms with Gasteiger partial charge in [0.2, 0.25) is 5.91 Å². The van der Waals surface area contributed by atoms with E-state index in [1.807, 2.05) is 37.5 Å². The number of nitrogens with two attached hydrogens (primary N) is 1. The Labute approximate surface area is 191 Å². The van der Waals surface area contributed by atoms with E-state index < -0.39 is 0 Å². The highest BCUT2D eigenvalue weighted by Gasteiger charge is 2.23. The molecule has 1 aromatic heterocycles. The molecule has 0 aliphatic carbocycles. The van der Waals surface area contributed by atoms with Crippen molar-refractivity contribution in [3.63, 3.8) is 0 Å². The standard InChI is InChI=1S/C26H35N5O/c1-4-22(24-9-7-8-21(16-24)19-30(3)26(32)17-27)18-29-20(2)31-14-11-23(12-15-31)25-10-5-6-13-28-25/h4-10,13,16,18,20,23H,11-12,14-15,17,19,27H2,1-3H3/b22-4+,29-18-. The van der Waals surface area contributed by atoms with E-state index in [9.17, 15) is 4.79 Å². The summed E-state index contributed by atoms with van der Waals surface area (Å²) in [5.41, 5.74) is 9.93. The smallest absolute Gasteiger partial charge is 0.236 e. The third-order valence-electron chi connectivity index (χ3n) is 6.18. The molecule has 0 bridgehead atoms. The molecule has 1 fully saturated rings. The Hall–Kier alpha value is -2.83. The molecule has 6 nitrogen and oxygen atoms in total. The summed E-state index contributed by atoms with van der Waals surface area (Å²) in [5.74, 6) is 0.477. The molecular weight excluding hydrogens is 398 g/mol. The number of likely N-dealkylation sites (N-methyl/N-ethyl adjacent to an activating group) is 1. The Balaban J connectivity index is 1.59. The van der Waals surface area contributed by atoms with E-state index in [2.05, 4.69) is 47.1 Å². The Bertz CT molecular complexity index is 932. The maximum atomic E-state index is 11.8. The molecule has 2 aromatic rings. The second-order valence-electron chi connectivity index (χ2n) is 8.37. The highest BCUT2D eigenvalue weighted by molar-refractivity contribution is 6.09. The van der Waals surface area contributed by atoms with Gasteiger partial charge in [-0.3, -0.25) is 19.7 Å². The van der Waals surface area contributed by atoms with Crippen LogP contribution in [0.15, 0.2) is 59.7 Å². The number of rotatable bonds is 8. The number of carbonyl (C=O) groups is 1. The van der Waals surface area contributed by atoms with Crippen molar-refractivity contribution in [2.45, 2.75) is 45.3 Å². The Morgan fingerprint density at radius 1 is 1.28 bits per heavy atom. The second-order valence-corrected chi connectivity index (χ2v) is 8.37. The molecule has 3 rings (SSSR count). The van der Waals surface area contributed by atoms with Gasteiger partial charge < -0.3 is 10.6 Å². The van der Waals surface area contributed by atoms with Gasteiger partial charge in [-0.05, 0) is 61.6 Å². The first kappa shape index (κ1) is 23.8. The zero-order valence-corrected chi connectivity index (χ0v) is 19.4. The number of nitrogens with zero attached hydrogens (tertiary/aromatic N) is 4. The lowest BCUT2D eigenvalue weighted by Gasteiger charge is -2.34. The Kier molecular flexibility index (Phi) is 8.71. The van der Waals surface area contributed by atoms with Crippen LogP contribution in [0.5, 0.6) is 0 Å². The van der Waals surface area contributed by atoms with E-state index in [0.29, 0.717) is 12.5 Å². The summed E-state index contributed by atoms with van der Waals surface area (Å²) in [6, 6.07) is 14.4. The van der Waals surface area contributed by atoms with Gasteiger partial charge in [0.05, 0.1) is 12.7 Å². The summed E-state index contributed by atoms with van der Waals surface area (Å²) in [4.78, 5) is 25.3. The third-order valence-corrected chi connectivity index (χ3v) is 6.18. The molecule has 1 aliphatic heterocycles. The van der Waals surface area contributed by atoms with E-state index in [1.54, 1.807) is 11.9 Å². The minimum atomic E-state index is -0.0659. The summed E-state index contributed by atoms with van der Waals surface area (Å²) in [5, 5.41) is 0. The van der Waals surface area contributed by atoms with Crippen LogP contribution in [0.2, 0.25) is 0 Å². The molecule has 2 N–H and O–H groups in total. The van der Waals surface area contributed by atoms with Crippen LogP contribution >= 0.6 is 0 Å². The van der Waals surface area contributed by atoms with Crippen LogP contribution in [0.25, 0.3) is 5.57 Å². The van der Waals surface area contributed by atoms with Gasteiger partial charge in [-0.15, -0.1) is 0 Å². The highest BCUT2D eigenvalue weighted by Crippen LogP contribution is 2.27. The van der Waals surface area contributed by atoms with Crippen molar-refractivity contribution in [3.8, 4) is 0 Å². The largest absolute Gasteiger partial charge is 0.340 e. The molecule has 1 aliphatic rings. The quantitative estimate of drug-likeness (QED) is 0.644. The number of hydrogen-bond acceptors (Lipinski definition) is 5. The van der Waals surface area contributed by atoms with Gasteiger partial charge in [0, 0.05) is 50.7 Å². The molecule has 1 saturated heterocycles. The lowest BCUT2D eigenvalue weighted by Crippen LogP contribution is -2.38. The van der Waals surface area contributed by atoms with Gasteiger partial charge in [-0.1, -0.05) is 30.3 Å². The monoisotopic (exact) mass is 433 g/mol. The van der Waals surface area contributed by atoms with E-state index in [4.69, 9.17) is 10.7 Å². The SMILES string of the molecule is C/C=C(\C=N/C(C)N1CCC(c2ccccn2)CC1)c1cccc(CN(C)C(=O)CN)c1. The Morgan fingerprint density at radius 3 is 2.72 bits per heavy atom. The van der Waals surface area contributed by atoms with Crippen LogP contribution in [0.1, 0.15) is 49.4 Å². The fourth-order valence-electron chi connectivity index (χ4n) is 4.15. The fraction of sp³-hybridized carbons (Fsp3) is 0.423. The van der Waals surface area contributed by atoms with Crippen molar-refractivity contribution in [1.29, 1.82) is 0 Å². The fourth-order valence-corrected chi connectivity index (χ4v) is 4.15. The van der Waals surface area contributed by atoms with Crippen molar-refractivity contribution in [1.82, 2.24) is 14.8 Å². The van der Waals surface area contributed by atoms with Crippen LogP contribution < -0.4 is 5.73 Å². The second kappa shape index (κ2) is 11.7. The maximum Gasteiger partial charge on any atom is 0.236 e. The first-order valence-electron chi connectivity index (χ1n) is 11.4. The van der Waals surface area contributed by atoms with Crippen LogP contribution in [0.3, 0.4) is 0 Å². The molecule has 0 radical (unpaired) electrons. The van der Waals surface area contributed by atoms with Crippen LogP contribution in [-0.4, -0.2) is 59.8 Å². The number of allylic oxidation sites excluding steroid dienone is 2. The summed E-state index contributed by atoms with van der Waals surface area (Å²) in [7, 11) is 1.78. The molecule has 1 atom stereocenters. The van der Waals surface area contributed by atoms with Crippen LogP contribution in [0.4, 0.5) is 0 Å². The van der Waals surface area contributed by atoms with E-state index in [-0.39, 0.29) is 18.6 Å². The predicted octanol–water partition coefficient (Wildman–Crippen LogP) is 3.70. The molecule has 1 unspecified atom stereocenters. The summed E-state index contributed by atoms with van der Waals surface area (Å²) in [6.45, 7) is 6.82. The predicted molar refractivity (Wildman–Crippen MR) is 131 cm³/mol. The Morgan fingerprint density at radius 2 is 2.06 bits per heavy atom. The summed E-state index contributed by atoms with van der Waals surface area (Å²) >= 11 is 0. The lowest BCUT2D eigenvalue weighted by atomic mass is 9.93. The normalized spacial score (nSPS) is 16.9. The minimum Gasteiger partial charge on any atom is -0.340 e. The molecule has 0 saturated carbocycles. The molecule has 170 valence electrons. The molecule has 2 heterocycles.